The molecule has 2 N–H and O–H groups in total. The molecule has 0 unspecified atom stereocenters. The van der Waals surface area contributed by atoms with Crippen LogP contribution in [-0.4, -0.2) is 102 Å². The second kappa shape index (κ2) is 12.0. The Morgan fingerprint density at radius 1 is 0.971 bits per heavy atom. The van der Waals surface area contributed by atoms with Gasteiger partial charge in [0.15, 0.2) is 0 Å². The predicted molar refractivity (Wildman–Crippen MR) is 114 cm³/mol. The number of rotatable bonds is 4. The molecule has 0 radical (unpaired) electrons. The first kappa shape index (κ1) is 30.6. The molecule has 3 rings (SSSR count). The van der Waals surface area contributed by atoms with Crippen LogP contribution in [0, 0.1) is 12.3 Å². The van der Waals surface area contributed by atoms with Crippen molar-refractivity contribution in [3.05, 3.63) is 21.9 Å². The quantitative estimate of drug-likeness (QED) is 0.572. The van der Waals surface area contributed by atoms with Gasteiger partial charge in [-0.2, -0.15) is 26.3 Å². The molecule has 0 aromatic carbocycles. The summed E-state index contributed by atoms with van der Waals surface area (Å²) in [5.74, 6) is -5.29. The third-order valence-electron chi connectivity index (χ3n) is 5.15. The molecular formula is C20H27F6N3O5S. The molecule has 2 saturated heterocycles. The number of halogens is 6. The number of carboxylic acid groups (broad SMARTS) is 2. The van der Waals surface area contributed by atoms with E-state index >= 15 is 0 Å². The highest BCUT2D eigenvalue weighted by atomic mass is 32.1. The zero-order valence-electron chi connectivity index (χ0n) is 19.2. The van der Waals surface area contributed by atoms with Crippen LogP contribution in [-0.2, 0) is 20.9 Å². The minimum Gasteiger partial charge on any atom is -0.475 e. The van der Waals surface area contributed by atoms with Crippen LogP contribution in [0.2, 0.25) is 0 Å². The van der Waals surface area contributed by atoms with Gasteiger partial charge in [-0.25, -0.2) is 9.59 Å². The topological polar surface area (TPSA) is 101 Å². The molecule has 0 saturated carbocycles. The first-order valence-electron chi connectivity index (χ1n) is 10.1. The molecule has 35 heavy (non-hydrogen) atoms. The Morgan fingerprint density at radius 2 is 1.43 bits per heavy atom. The van der Waals surface area contributed by atoms with Crippen molar-refractivity contribution in [2.24, 2.45) is 5.41 Å². The van der Waals surface area contributed by atoms with Crippen molar-refractivity contribution in [3.8, 4) is 0 Å². The van der Waals surface area contributed by atoms with E-state index in [1.165, 1.54) is 29.3 Å². The lowest BCUT2D eigenvalue weighted by atomic mass is 9.79. The number of carboxylic acids is 2. The molecule has 200 valence electrons. The van der Waals surface area contributed by atoms with E-state index in [9.17, 15) is 31.1 Å². The van der Waals surface area contributed by atoms with E-state index in [1.807, 2.05) is 25.4 Å². The number of amides is 1. The summed E-state index contributed by atoms with van der Waals surface area (Å²) < 4.78 is 63.5. The zero-order chi connectivity index (χ0) is 27.2. The monoisotopic (exact) mass is 535 g/mol. The Hall–Kier alpha value is -2.39. The maximum atomic E-state index is 11.8. The first-order chi connectivity index (χ1) is 15.8. The fourth-order valence-corrected chi connectivity index (χ4v) is 4.49. The first-order valence-corrected chi connectivity index (χ1v) is 11.0. The lowest BCUT2D eigenvalue weighted by molar-refractivity contribution is -0.193. The van der Waals surface area contributed by atoms with Crippen LogP contribution in [0.25, 0.3) is 0 Å². The highest BCUT2D eigenvalue weighted by Gasteiger charge is 2.47. The molecule has 0 bridgehead atoms. The predicted octanol–water partition coefficient (Wildman–Crippen LogP) is 2.92. The van der Waals surface area contributed by atoms with Crippen molar-refractivity contribution in [1.29, 1.82) is 0 Å². The molecule has 2 fully saturated rings. The largest absolute Gasteiger partial charge is 0.490 e. The molecule has 1 spiro atoms. The Morgan fingerprint density at radius 3 is 1.80 bits per heavy atom. The third-order valence-corrected chi connectivity index (χ3v) is 6.14. The minimum absolute atomic E-state index is 0.220. The smallest absolute Gasteiger partial charge is 0.475 e. The van der Waals surface area contributed by atoms with E-state index in [1.54, 1.807) is 4.90 Å². The number of hydrogen-bond acceptors (Lipinski definition) is 6. The molecule has 1 aromatic rings. The van der Waals surface area contributed by atoms with Gasteiger partial charge in [0.1, 0.15) is 0 Å². The Bertz CT molecular complexity index is 857. The number of likely N-dealkylation sites (N-methyl/N-ethyl adjacent to an activating group) is 1. The summed E-state index contributed by atoms with van der Waals surface area (Å²) in [4.78, 5) is 39.0. The van der Waals surface area contributed by atoms with E-state index in [0.717, 1.165) is 19.6 Å². The summed E-state index contributed by atoms with van der Waals surface area (Å²) in [6.45, 7) is 8.39. The van der Waals surface area contributed by atoms with Gasteiger partial charge in [-0.3, -0.25) is 14.6 Å². The summed E-state index contributed by atoms with van der Waals surface area (Å²) in [6, 6.07) is 4.46. The molecule has 2 aliphatic rings. The average Bonchev–Trinajstić information content (AvgIpc) is 3.27. The minimum atomic E-state index is -5.08. The Balaban J connectivity index is 0.000000362. The van der Waals surface area contributed by atoms with Gasteiger partial charge >= 0.3 is 24.3 Å². The van der Waals surface area contributed by atoms with Gasteiger partial charge in [0.05, 0.1) is 6.54 Å². The standard InChI is InChI=1S/C16H25N3OS.2C2HF3O2/c1-13-4-5-14(21-13)8-19-11-16(12-19)6-7-18(10-16)9-15(20)17(2)3;2*3-2(4,5)1(6)7/h4-5H,6-12H2,1-3H3;2*(H,6,7). The van der Waals surface area contributed by atoms with Crippen LogP contribution in [0.1, 0.15) is 16.2 Å². The van der Waals surface area contributed by atoms with Crippen molar-refractivity contribution in [2.75, 3.05) is 46.8 Å². The van der Waals surface area contributed by atoms with E-state index in [-0.39, 0.29) is 5.91 Å². The van der Waals surface area contributed by atoms with Gasteiger partial charge in [0.25, 0.3) is 0 Å². The summed E-state index contributed by atoms with van der Waals surface area (Å²) in [5.41, 5.74) is 0.457. The maximum absolute atomic E-state index is 11.8. The average molecular weight is 536 g/mol. The van der Waals surface area contributed by atoms with Gasteiger partial charge in [-0.15, -0.1) is 11.3 Å². The summed E-state index contributed by atoms with van der Waals surface area (Å²) in [5, 5.41) is 14.2. The summed E-state index contributed by atoms with van der Waals surface area (Å²) in [6.07, 6.45) is -8.92. The highest BCUT2D eigenvalue weighted by Crippen LogP contribution is 2.40. The lowest BCUT2D eigenvalue weighted by Gasteiger charge is -2.48. The van der Waals surface area contributed by atoms with Crippen LogP contribution >= 0.6 is 11.3 Å². The van der Waals surface area contributed by atoms with Crippen molar-refractivity contribution in [1.82, 2.24) is 14.7 Å². The normalized spacial score (nSPS) is 17.5. The van der Waals surface area contributed by atoms with Crippen molar-refractivity contribution in [2.45, 2.75) is 32.2 Å². The molecule has 1 aromatic heterocycles. The van der Waals surface area contributed by atoms with E-state index in [2.05, 4.69) is 28.9 Å². The van der Waals surface area contributed by atoms with Crippen molar-refractivity contribution >= 4 is 29.2 Å². The van der Waals surface area contributed by atoms with Gasteiger partial charge < -0.3 is 15.1 Å². The van der Waals surface area contributed by atoms with E-state index in [0.29, 0.717) is 12.0 Å². The number of nitrogens with zero attached hydrogens (tertiary/aromatic N) is 3. The van der Waals surface area contributed by atoms with Crippen molar-refractivity contribution in [3.63, 3.8) is 0 Å². The number of likely N-dealkylation sites (tertiary alicyclic amines) is 2. The fraction of sp³-hybridized carbons (Fsp3) is 0.650. The van der Waals surface area contributed by atoms with Crippen molar-refractivity contribution < 1.29 is 50.9 Å². The van der Waals surface area contributed by atoms with E-state index < -0.39 is 24.3 Å². The highest BCUT2D eigenvalue weighted by molar-refractivity contribution is 7.11. The summed E-state index contributed by atoms with van der Waals surface area (Å²) >= 11 is 1.91. The van der Waals surface area contributed by atoms with Crippen LogP contribution in [0.3, 0.4) is 0 Å². The Kier molecular flexibility index (Phi) is 10.5. The second-order valence-electron chi connectivity index (χ2n) is 8.51. The number of aryl methyl sites for hydroxylation is 1. The molecule has 0 aliphatic carbocycles. The lowest BCUT2D eigenvalue weighted by Crippen LogP contribution is -2.57. The second-order valence-corrected chi connectivity index (χ2v) is 9.88. The molecule has 15 heteroatoms. The van der Waals surface area contributed by atoms with Crippen LogP contribution in [0.5, 0.6) is 0 Å². The zero-order valence-corrected chi connectivity index (χ0v) is 20.1. The number of aliphatic carboxylic acids is 2. The molecule has 1 amide bonds. The number of hydrogen-bond donors (Lipinski definition) is 2. The molecule has 3 heterocycles. The molecule has 2 aliphatic heterocycles. The van der Waals surface area contributed by atoms with Gasteiger partial charge in [0, 0.05) is 55.4 Å². The van der Waals surface area contributed by atoms with Gasteiger partial charge in [-0.1, -0.05) is 0 Å². The van der Waals surface area contributed by atoms with Gasteiger partial charge in [0.2, 0.25) is 5.91 Å². The number of carbonyl (C=O) groups excluding carboxylic acids is 1. The Labute approximate surface area is 201 Å². The van der Waals surface area contributed by atoms with E-state index in [4.69, 9.17) is 19.8 Å². The SMILES string of the molecule is Cc1ccc(CN2CC3(CCN(CC(=O)N(C)C)C3)C2)s1.O=C(O)C(F)(F)F.O=C(O)C(F)(F)F. The van der Waals surface area contributed by atoms with Crippen LogP contribution < -0.4 is 0 Å². The summed E-state index contributed by atoms with van der Waals surface area (Å²) in [7, 11) is 3.67. The maximum Gasteiger partial charge on any atom is 0.490 e. The molecule has 8 nitrogen and oxygen atoms in total. The number of thiophene rings is 1. The molecular weight excluding hydrogens is 508 g/mol. The molecule has 0 atom stereocenters. The number of alkyl halides is 6. The number of carbonyl (C=O) groups is 3. The fourth-order valence-electron chi connectivity index (χ4n) is 3.56. The van der Waals surface area contributed by atoms with Gasteiger partial charge in [-0.05, 0) is 32.0 Å². The van der Waals surface area contributed by atoms with Crippen LogP contribution in [0.15, 0.2) is 12.1 Å². The third kappa shape index (κ3) is 10.4. The van der Waals surface area contributed by atoms with Crippen LogP contribution in [0.4, 0.5) is 26.3 Å².